The minimum atomic E-state index is 0.344. The molecule has 0 radical (unpaired) electrons. The maximum Gasteiger partial charge on any atom is 0.0798 e. The average molecular weight is 237 g/mol. The molecule has 0 amide bonds. The predicted molar refractivity (Wildman–Crippen MR) is 63.3 cm³/mol. The third-order valence-corrected chi connectivity index (χ3v) is 3.55. The highest BCUT2D eigenvalue weighted by Gasteiger charge is 2.09. The molecule has 2 rings (SSSR count). The van der Waals surface area contributed by atoms with E-state index in [-0.39, 0.29) is 0 Å². The maximum absolute atomic E-state index is 4.25. The minimum Gasteiger partial charge on any atom is -0.308 e. The Balaban J connectivity index is 1.80. The summed E-state index contributed by atoms with van der Waals surface area (Å²) in [5.41, 5.74) is 3.01. The number of nitrogens with zero attached hydrogens (tertiary/aromatic N) is 4. The maximum atomic E-state index is 4.25. The third-order valence-electron chi connectivity index (χ3n) is 2.44. The molecule has 0 aromatic carbocycles. The summed E-state index contributed by atoms with van der Waals surface area (Å²) in [5, 5.41) is 11.1. The van der Waals surface area contributed by atoms with Crippen molar-refractivity contribution in [1.82, 2.24) is 25.3 Å². The highest BCUT2D eigenvalue weighted by Crippen LogP contribution is 2.20. The van der Waals surface area contributed by atoms with E-state index in [0.29, 0.717) is 6.04 Å². The molecular formula is C10H15N5S. The van der Waals surface area contributed by atoms with Crippen LogP contribution in [0.5, 0.6) is 0 Å². The van der Waals surface area contributed by atoms with Crippen molar-refractivity contribution >= 4 is 11.3 Å². The van der Waals surface area contributed by atoms with Crippen molar-refractivity contribution in [3.05, 3.63) is 28.5 Å². The SMILES string of the molecule is Cc1ncsc1C(C)NCCn1ccnn1. The van der Waals surface area contributed by atoms with Gasteiger partial charge in [0.05, 0.1) is 23.9 Å². The Hall–Kier alpha value is -1.27. The molecule has 2 aromatic heterocycles. The summed E-state index contributed by atoms with van der Waals surface area (Å²) in [7, 11) is 0. The molecule has 0 bridgehead atoms. The summed E-state index contributed by atoms with van der Waals surface area (Å²) in [6.45, 7) is 5.91. The first kappa shape index (κ1) is 11.2. The first-order valence-corrected chi connectivity index (χ1v) is 6.13. The van der Waals surface area contributed by atoms with Crippen LogP contribution in [0.1, 0.15) is 23.5 Å². The molecule has 86 valence electrons. The van der Waals surface area contributed by atoms with Gasteiger partial charge in [-0.1, -0.05) is 5.21 Å². The highest BCUT2D eigenvalue weighted by molar-refractivity contribution is 7.09. The molecule has 1 unspecified atom stereocenters. The Morgan fingerprint density at radius 1 is 1.56 bits per heavy atom. The van der Waals surface area contributed by atoms with E-state index in [1.54, 1.807) is 17.5 Å². The number of hydrogen-bond donors (Lipinski definition) is 1. The van der Waals surface area contributed by atoms with Gasteiger partial charge in [0, 0.05) is 23.7 Å². The Bertz CT molecular complexity index is 422. The van der Waals surface area contributed by atoms with Crippen LogP contribution < -0.4 is 5.32 Å². The number of thiazole rings is 1. The lowest BCUT2D eigenvalue weighted by Gasteiger charge is -2.12. The lowest BCUT2D eigenvalue weighted by atomic mass is 10.2. The summed E-state index contributed by atoms with van der Waals surface area (Å²) in [5.74, 6) is 0. The molecule has 0 aliphatic rings. The van der Waals surface area contributed by atoms with E-state index in [1.807, 2.05) is 23.3 Å². The van der Waals surface area contributed by atoms with Crippen LogP contribution in [0.2, 0.25) is 0 Å². The summed E-state index contributed by atoms with van der Waals surface area (Å²) >= 11 is 1.70. The Morgan fingerprint density at radius 3 is 3.06 bits per heavy atom. The zero-order chi connectivity index (χ0) is 11.4. The van der Waals surface area contributed by atoms with Crippen molar-refractivity contribution in [3.8, 4) is 0 Å². The second-order valence-electron chi connectivity index (χ2n) is 3.64. The van der Waals surface area contributed by atoms with Gasteiger partial charge in [0.1, 0.15) is 0 Å². The van der Waals surface area contributed by atoms with Gasteiger partial charge in [-0.2, -0.15) is 0 Å². The predicted octanol–water partition coefficient (Wildman–Crippen LogP) is 1.39. The summed E-state index contributed by atoms with van der Waals surface area (Å²) < 4.78 is 1.82. The van der Waals surface area contributed by atoms with E-state index >= 15 is 0 Å². The van der Waals surface area contributed by atoms with Gasteiger partial charge < -0.3 is 5.32 Å². The largest absolute Gasteiger partial charge is 0.308 e. The van der Waals surface area contributed by atoms with Crippen molar-refractivity contribution in [1.29, 1.82) is 0 Å². The van der Waals surface area contributed by atoms with Crippen LogP contribution in [0, 0.1) is 6.92 Å². The molecule has 16 heavy (non-hydrogen) atoms. The second kappa shape index (κ2) is 5.18. The second-order valence-corrected chi connectivity index (χ2v) is 4.53. The van der Waals surface area contributed by atoms with Crippen molar-refractivity contribution in [2.45, 2.75) is 26.4 Å². The van der Waals surface area contributed by atoms with Gasteiger partial charge in [-0.25, -0.2) is 4.98 Å². The van der Waals surface area contributed by atoms with Crippen LogP contribution in [0.25, 0.3) is 0 Å². The van der Waals surface area contributed by atoms with Gasteiger partial charge in [0.15, 0.2) is 0 Å². The topological polar surface area (TPSA) is 55.6 Å². The zero-order valence-electron chi connectivity index (χ0n) is 9.42. The zero-order valence-corrected chi connectivity index (χ0v) is 10.2. The molecule has 1 atom stereocenters. The standard InChI is InChI=1S/C10H15N5S/c1-8(10-9(2)12-7-16-10)11-3-5-15-6-4-13-14-15/h4,6-8,11H,3,5H2,1-2H3. The summed E-state index contributed by atoms with van der Waals surface area (Å²) in [6, 6.07) is 0.344. The number of aryl methyl sites for hydroxylation is 1. The first-order chi connectivity index (χ1) is 7.77. The molecule has 5 nitrogen and oxygen atoms in total. The number of nitrogens with one attached hydrogen (secondary N) is 1. The van der Waals surface area contributed by atoms with Gasteiger partial charge in [0.25, 0.3) is 0 Å². The fourth-order valence-electron chi connectivity index (χ4n) is 1.57. The van der Waals surface area contributed by atoms with Crippen LogP contribution in [-0.4, -0.2) is 26.5 Å². The monoisotopic (exact) mass is 237 g/mol. The lowest BCUT2D eigenvalue weighted by molar-refractivity contribution is 0.501. The van der Waals surface area contributed by atoms with Gasteiger partial charge in [-0.15, -0.1) is 16.4 Å². The van der Waals surface area contributed by atoms with Gasteiger partial charge in [0.2, 0.25) is 0 Å². The van der Waals surface area contributed by atoms with E-state index in [0.717, 1.165) is 18.8 Å². The highest BCUT2D eigenvalue weighted by atomic mass is 32.1. The quantitative estimate of drug-likeness (QED) is 0.854. The molecule has 2 heterocycles. The fraction of sp³-hybridized carbons (Fsp3) is 0.500. The number of hydrogen-bond acceptors (Lipinski definition) is 5. The number of aromatic nitrogens is 4. The van der Waals surface area contributed by atoms with Gasteiger partial charge in [-0.05, 0) is 13.8 Å². The molecule has 0 saturated heterocycles. The van der Waals surface area contributed by atoms with Crippen molar-refractivity contribution in [3.63, 3.8) is 0 Å². The molecule has 2 aromatic rings. The molecule has 0 aliphatic heterocycles. The molecule has 0 spiro atoms. The Kier molecular flexibility index (Phi) is 3.63. The van der Waals surface area contributed by atoms with Crippen molar-refractivity contribution in [2.75, 3.05) is 6.54 Å². The number of rotatable bonds is 5. The van der Waals surface area contributed by atoms with Gasteiger partial charge in [-0.3, -0.25) is 4.68 Å². The van der Waals surface area contributed by atoms with Crippen LogP contribution in [0.3, 0.4) is 0 Å². The van der Waals surface area contributed by atoms with E-state index in [9.17, 15) is 0 Å². The molecular weight excluding hydrogens is 222 g/mol. The minimum absolute atomic E-state index is 0.344. The summed E-state index contributed by atoms with van der Waals surface area (Å²) in [4.78, 5) is 5.55. The van der Waals surface area contributed by atoms with E-state index < -0.39 is 0 Å². The van der Waals surface area contributed by atoms with Crippen LogP contribution >= 0.6 is 11.3 Å². The Morgan fingerprint density at radius 2 is 2.44 bits per heavy atom. The molecule has 0 aliphatic carbocycles. The normalized spacial score (nSPS) is 12.9. The van der Waals surface area contributed by atoms with Crippen LogP contribution in [0.15, 0.2) is 17.9 Å². The summed E-state index contributed by atoms with van der Waals surface area (Å²) in [6.07, 6.45) is 3.56. The van der Waals surface area contributed by atoms with E-state index in [1.165, 1.54) is 4.88 Å². The fourth-order valence-corrected chi connectivity index (χ4v) is 2.40. The van der Waals surface area contributed by atoms with Crippen LogP contribution in [-0.2, 0) is 6.54 Å². The van der Waals surface area contributed by atoms with Crippen LogP contribution in [0.4, 0.5) is 0 Å². The average Bonchev–Trinajstić information content (AvgIpc) is 2.88. The Labute approximate surface area is 98.5 Å². The molecule has 6 heteroatoms. The van der Waals surface area contributed by atoms with Crippen molar-refractivity contribution in [2.24, 2.45) is 0 Å². The lowest BCUT2D eigenvalue weighted by Crippen LogP contribution is -2.23. The molecule has 1 N–H and O–H groups in total. The molecule has 0 fully saturated rings. The van der Waals surface area contributed by atoms with E-state index in [2.05, 4.69) is 27.5 Å². The van der Waals surface area contributed by atoms with E-state index in [4.69, 9.17) is 0 Å². The van der Waals surface area contributed by atoms with Crippen molar-refractivity contribution < 1.29 is 0 Å². The third kappa shape index (κ3) is 2.65. The first-order valence-electron chi connectivity index (χ1n) is 5.25. The molecule has 0 saturated carbocycles. The van der Waals surface area contributed by atoms with Gasteiger partial charge >= 0.3 is 0 Å². The smallest absolute Gasteiger partial charge is 0.0798 e.